The zero-order chi connectivity index (χ0) is 30.0. The molecule has 214 valence electrons. The predicted octanol–water partition coefficient (Wildman–Crippen LogP) is 6.69. The van der Waals surface area contributed by atoms with Gasteiger partial charge < -0.3 is 14.8 Å². The highest BCUT2D eigenvalue weighted by atomic mass is 32.2. The molecule has 3 rings (SSSR count). The van der Waals surface area contributed by atoms with Crippen LogP contribution in [0.1, 0.15) is 48.0 Å². The molecule has 0 radical (unpaired) electrons. The standard InChI is InChI=1S/C26H26F4N4O5S/c1-14-18(26(28,29)30)13-31-23(38-19-10-11-20(27)32-15(19)2)21(14)22(35)33-16-8-7-9-17(12-16)40(6,37)34-24(36)39-25(3,4)5/h7-13H,1-6H3,(H,33,35)/t40-/m0/s1. The van der Waals surface area contributed by atoms with E-state index in [0.717, 1.165) is 13.0 Å². The number of aryl methyl sites for hydroxylation is 1. The fourth-order valence-corrected chi connectivity index (χ4v) is 4.52. The highest BCUT2D eigenvalue weighted by Gasteiger charge is 2.36. The summed E-state index contributed by atoms with van der Waals surface area (Å²) in [6.45, 7) is 7.34. The predicted molar refractivity (Wildman–Crippen MR) is 138 cm³/mol. The van der Waals surface area contributed by atoms with E-state index < -0.39 is 62.0 Å². The maximum Gasteiger partial charge on any atom is 0.442 e. The van der Waals surface area contributed by atoms with Gasteiger partial charge in [-0.3, -0.25) is 4.79 Å². The molecular weight excluding hydrogens is 556 g/mol. The first-order chi connectivity index (χ1) is 18.4. The van der Waals surface area contributed by atoms with Crippen LogP contribution in [0.5, 0.6) is 11.6 Å². The van der Waals surface area contributed by atoms with Crippen LogP contribution in [0, 0.1) is 19.8 Å². The smallest absolute Gasteiger partial charge is 0.442 e. The Morgan fingerprint density at radius 1 is 1.07 bits per heavy atom. The molecule has 0 saturated carbocycles. The van der Waals surface area contributed by atoms with Crippen LogP contribution >= 0.6 is 0 Å². The number of nitrogens with zero attached hydrogens (tertiary/aromatic N) is 3. The number of ether oxygens (including phenoxy) is 2. The second-order valence-electron chi connectivity index (χ2n) is 9.65. The lowest BCUT2D eigenvalue weighted by Gasteiger charge is -2.18. The summed E-state index contributed by atoms with van der Waals surface area (Å²) in [7, 11) is -3.32. The van der Waals surface area contributed by atoms with Gasteiger partial charge in [-0.05, 0) is 70.5 Å². The summed E-state index contributed by atoms with van der Waals surface area (Å²) >= 11 is 0. The van der Waals surface area contributed by atoms with Crippen LogP contribution in [0.25, 0.3) is 0 Å². The van der Waals surface area contributed by atoms with Gasteiger partial charge in [-0.1, -0.05) is 6.07 Å². The molecule has 1 aromatic carbocycles. The van der Waals surface area contributed by atoms with Crippen molar-refractivity contribution in [3.05, 3.63) is 70.9 Å². The number of rotatable bonds is 5. The minimum absolute atomic E-state index is 0.0291. The van der Waals surface area contributed by atoms with Crippen molar-refractivity contribution in [3.63, 3.8) is 0 Å². The zero-order valence-electron chi connectivity index (χ0n) is 22.3. The monoisotopic (exact) mass is 582 g/mol. The van der Waals surface area contributed by atoms with E-state index in [2.05, 4.69) is 19.6 Å². The number of hydrogen-bond donors (Lipinski definition) is 1. The average molecular weight is 583 g/mol. The quantitative estimate of drug-likeness (QED) is 0.263. The fraction of sp³-hybridized carbons (Fsp3) is 0.308. The van der Waals surface area contributed by atoms with Gasteiger partial charge in [0.25, 0.3) is 5.91 Å². The van der Waals surface area contributed by atoms with Crippen molar-refractivity contribution in [2.45, 2.75) is 51.3 Å². The van der Waals surface area contributed by atoms with Crippen molar-refractivity contribution in [1.82, 2.24) is 9.97 Å². The third kappa shape index (κ3) is 7.52. The zero-order valence-corrected chi connectivity index (χ0v) is 23.2. The molecule has 0 saturated heterocycles. The topological polar surface area (TPSA) is 120 Å². The Morgan fingerprint density at radius 2 is 1.75 bits per heavy atom. The van der Waals surface area contributed by atoms with Crippen molar-refractivity contribution in [2.24, 2.45) is 4.36 Å². The molecule has 0 aliphatic heterocycles. The van der Waals surface area contributed by atoms with Crippen molar-refractivity contribution < 1.29 is 40.8 Å². The highest BCUT2D eigenvalue weighted by Crippen LogP contribution is 2.37. The number of benzene rings is 1. The third-order valence-electron chi connectivity index (χ3n) is 5.22. The maximum absolute atomic E-state index is 13.6. The average Bonchev–Trinajstić information content (AvgIpc) is 2.78. The molecule has 0 aliphatic rings. The first kappa shape index (κ1) is 30.5. The van der Waals surface area contributed by atoms with Gasteiger partial charge in [-0.25, -0.2) is 19.0 Å². The van der Waals surface area contributed by atoms with Crippen LogP contribution in [0.3, 0.4) is 0 Å². The molecule has 0 fully saturated rings. The highest BCUT2D eigenvalue weighted by molar-refractivity contribution is 7.93. The SMILES string of the molecule is Cc1nc(F)ccc1Oc1ncc(C(F)(F)F)c(C)c1C(=O)Nc1cccc([S@](C)(=O)=NC(=O)OC(C)(C)C)c1. The van der Waals surface area contributed by atoms with Gasteiger partial charge in [-0.2, -0.15) is 17.6 Å². The minimum atomic E-state index is -4.82. The summed E-state index contributed by atoms with van der Waals surface area (Å²) in [6, 6.07) is 7.66. The normalized spacial score (nSPS) is 13.2. The van der Waals surface area contributed by atoms with Crippen molar-refractivity contribution in [1.29, 1.82) is 0 Å². The number of pyridine rings is 2. The molecule has 1 atom stereocenters. The van der Waals surface area contributed by atoms with E-state index in [4.69, 9.17) is 9.47 Å². The first-order valence-electron chi connectivity index (χ1n) is 11.6. The van der Waals surface area contributed by atoms with E-state index in [-0.39, 0.29) is 22.0 Å². The molecule has 3 aromatic rings. The summed E-state index contributed by atoms with van der Waals surface area (Å²) in [6.07, 6.45) is -4.15. The molecule has 2 amide bonds. The number of anilines is 1. The van der Waals surface area contributed by atoms with Gasteiger partial charge in [0.2, 0.25) is 11.8 Å². The number of aromatic nitrogens is 2. The molecule has 2 heterocycles. The number of carbonyl (C=O) groups excluding carboxylic acids is 2. The largest absolute Gasteiger partial charge is 0.442 e. The van der Waals surface area contributed by atoms with Crippen LogP contribution < -0.4 is 10.1 Å². The minimum Gasteiger partial charge on any atom is -0.442 e. The van der Waals surface area contributed by atoms with Gasteiger partial charge in [0, 0.05) is 23.0 Å². The van der Waals surface area contributed by atoms with Gasteiger partial charge in [0.05, 0.1) is 21.0 Å². The Hall–Kier alpha value is -4.07. The van der Waals surface area contributed by atoms with Crippen LogP contribution in [-0.2, 0) is 20.6 Å². The van der Waals surface area contributed by atoms with Gasteiger partial charge in [-0.15, -0.1) is 4.36 Å². The number of halogens is 4. The number of hydrogen-bond acceptors (Lipinski definition) is 7. The van der Waals surface area contributed by atoms with Crippen molar-refractivity contribution in [3.8, 4) is 11.6 Å². The molecular formula is C26H26F4N4O5S. The van der Waals surface area contributed by atoms with Crippen molar-refractivity contribution in [2.75, 3.05) is 11.6 Å². The van der Waals surface area contributed by atoms with E-state index >= 15 is 0 Å². The summed E-state index contributed by atoms with van der Waals surface area (Å²) < 4.78 is 81.8. The van der Waals surface area contributed by atoms with E-state index in [1.54, 1.807) is 20.8 Å². The molecule has 9 nitrogen and oxygen atoms in total. The number of carbonyl (C=O) groups is 2. The summed E-state index contributed by atoms with van der Waals surface area (Å²) in [5, 5.41) is 2.45. The fourth-order valence-electron chi connectivity index (χ4n) is 3.42. The molecule has 40 heavy (non-hydrogen) atoms. The second-order valence-corrected chi connectivity index (χ2v) is 11.9. The van der Waals surface area contributed by atoms with Crippen molar-refractivity contribution >= 4 is 27.4 Å². The molecule has 0 aliphatic carbocycles. The molecule has 1 N–H and O–H groups in total. The molecule has 0 spiro atoms. The Labute approximate surface area is 228 Å². The number of alkyl halides is 3. The lowest BCUT2D eigenvalue weighted by molar-refractivity contribution is -0.138. The van der Waals surface area contributed by atoms with Gasteiger partial charge in [0.1, 0.15) is 11.2 Å². The van der Waals surface area contributed by atoms with E-state index in [1.165, 1.54) is 43.5 Å². The summed E-state index contributed by atoms with van der Waals surface area (Å²) in [4.78, 5) is 32.8. The molecule has 0 bridgehead atoms. The third-order valence-corrected chi connectivity index (χ3v) is 6.84. The molecule has 2 aromatic heterocycles. The van der Waals surface area contributed by atoms with E-state index in [0.29, 0.717) is 6.20 Å². The van der Waals surface area contributed by atoms with Crippen LogP contribution in [0.15, 0.2) is 51.9 Å². The molecule has 14 heteroatoms. The maximum atomic E-state index is 13.6. The Bertz CT molecular complexity index is 1590. The van der Waals surface area contributed by atoms with Crippen LogP contribution in [0.4, 0.5) is 28.0 Å². The summed E-state index contributed by atoms with van der Waals surface area (Å²) in [5.74, 6) is -2.33. The Kier molecular flexibility index (Phi) is 8.53. The van der Waals surface area contributed by atoms with Crippen LogP contribution in [0.2, 0.25) is 0 Å². The lowest BCUT2D eigenvalue weighted by Crippen LogP contribution is -2.22. The summed E-state index contributed by atoms with van der Waals surface area (Å²) in [5.41, 5.74) is -2.94. The van der Waals surface area contributed by atoms with E-state index in [9.17, 15) is 31.4 Å². The second kappa shape index (κ2) is 11.2. The lowest BCUT2D eigenvalue weighted by atomic mass is 10.0. The number of nitrogens with one attached hydrogen (secondary N) is 1. The number of amides is 2. The van der Waals surface area contributed by atoms with Gasteiger partial charge in [0.15, 0.2) is 5.75 Å². The van der Waals surface area contributed by atoms with Crippen LogP contribution in [-0.4, -0.2) is 38.0 Å². The first-order valence-corrected chi connectivity index (χ1v) is 13.5. The van der Waals surface area contributed by atoms with E-state index in [1.807, 2.05) is 0 Å². The Balaban J connectivity index is 2.02. The Morgan fingerprint density at radius 3 is 2.35 bits per heavy atom. The molecule has 0 unspecified atom stereocenters. The van der Waals surface area contributed by atoms with Gasteiger partial charge >= 0.3 is 12.3 Å².